The summed E-state index contributed by atoms with van der Waals surface area (Å²) in [5, 5.41) is 2.54. The zero-order chi connectivity index (χ0) is 16.1. The zero-order valence-corrected chi connectivity index (χ0v) is 15.5. The number of hydrogen-bond acceptors (Lipinski definition) is 1. The van der Waals surface area contributed by atoms with E-state index in [-0.39, 0.29) is 19.2 Å². The van der Waals surface area contributed by atoms with Gasteiger partial charge >= 0.3 is 144 Å². The molecule has 114 valence electrons. The van der Waals surface area contributed by atoms with Crippen LogP contribution in [0.15, 0.2) is 84.9 Å². The maximum absolute atomic E-state index is 12.8. The molecule has 0 saturated heterocycles. The van der Waals surface area contributed by atoms with E-state index in [4.69, 9.17) is 0 Å². The Morgan fingerprint density at radius 2 is 1.22 bits per heavy atom. The molecule has 0 saturated carbocycles. The molecule has 0 aromatic heterocycles. The van der Waals surface area contributed by atoms with Gasteiger partial charge in [0, 0.05) is 0 Å². The van der Waals surface area contributed by atoms with Crippen molar-refractivity contribution >= 4 is 36.4 Å². The van der Waals surface area contributed by atoms with Gasteiger partial charge in [-0.3, -0.25) is 0 Å². The molecule has 0 bridgehead atoms. The molecule has 0 heterocycles. The molecule has 0 amide bonds. The van der Waals surface area contributed by atoms with Crippen LogP contribution >= 0.6 is 6.61 Å². The molecule has 0 aliphatic rings. The van der Waals surface area contributed by atoms with Crippen molar-refractivity contribution in [3.05, 3.63) is 96.1 Å². The Bertz CT molecular complexity index is 730. The third-order valence-corrected chi connectivity index (χ3v) is 10.7. The van der Waals surface area contributed by atoms with Crippen molar-refractivity contribution in [3.63, 3.8) is 0 Å². The minimum atomic E-state index is -0.609. The van der Waals surface area contributed by atoms with Crippen molar-refractivity contribution in [1.29, 1.82) is 0 Å². The van der Waals surface area contributed by atoms with Gasteiger partial charge in [-0.25, -0.2) is 0 Å². The normalized spacial score (nSPS) is 10.7. The molecule has 0 aliphatic heterocycles. The fourth-order valence-corrected chi connectivity index (χ4v) is 8.72. The van der Waals surface area contributed by atoms with Crippen LogP contribution in [-0.4, -0.2) is 19.2 Å². The second-order valence-corrected chi connectivity index (χ2v) is 11.2. The molecular formula is C20H17OPSe. The summed E-state index contributed by atoms with van der Waals surface area (Å²) >= 11 is -0.118. The summed E-state index contributed by atoms with van der Waals surface area (Å²) in [6, 6.07) is 28.8. The van der Waals surface area contributed by atoms with Crippen molar-refractivity contribution in [2.24, 2.45) is 0 Å². The van der Waals surface area contributed by atoms with Crippen molar-refractivity contribution in [3.8, 4) is 0 Å². The SMILES string of the molecule is Cc1ccc(C(=O)[Se]P(c2ccccc2)c2ccccc2)cc1. The van der Waals surface area contributed by atoms with Crippen LogP contribution in [0.2, 0.25) is 0 Å². The molecule has 0 atom stereocenters. The summed E-state index contributed by atoms with van der Waals surface area (Å²) in [5.41, 5.74) is 2.01. The standard InChI is InChI=1S/C20H17OPSe/c1-16-12-14-17(15-13-16)20(21)23-22(18-8-4-2-5-9-18)19-10-6-3-7-11-19/h2-15H,1H3. The Labute approximate surface area is 144 Å². The first-order valence-electron chi connectivity index (χ1n) is 7.43. The summed E-state index contributed by atoms with van der Waals surface area (Å²) in [6.45, 7) is 1.43. The van der Waals surface area contributed by atoms with Crippen LogP contribution < -0.4 is 10.6 Å². The van der Waals surface area contributed by atoms with Crippen molar-refractivity contribution < 1.29 is 4.79 Å². The van der Waals surface area contributed by atoms with Gasteiger partial charge in [-0.1, -0.05) is 0 Å². The van der Waals surface area contributed by atoms with Crippen LogP contribution in [-0.2, 0) is 0 Å². The third kappa shape index (κ3) is 4.18. The minimum absolute atomic E-state index is 0.118. The van der Waals surface area contributed by atoms with E-state index in [1.54, 1.807) is 0 Å². The van der Waals surface area contributed by atoms with E-state index >= 15 is 0 Å². The second-order valence-electron chi connectivity index (χ2n) is 5.21. The summed E-state index contributed by atoms with van der Waals surface area (Å²) < 4.78 is 0.274. The molecule has 0 unspecified atom stereocenters. The van der Waals surface area contributed by atoms with E-state index in [0.29, 0.717) is 0 Å². The number of aryl methyl sites for hydroxylation is 1. The monoisotopic (exact) mass is 384 g/mol. The number of benzene rings is 3. The number of carbonyl (C=O) groups excluding carboxylic acids is 1. The van der Waals surface area contributed by atoms with Crippen LogP contribution in [0.5, 0.6) is 0 Å². The van der Waals surface area contributed by atoms with Crippen LogP contribution in [0.3, 0.4) is 0 Å². The molecule has 3 rings (SSSR count). The Morgan fingerprint density at radius 1 is 0.739 bits per heavy atom. The van der Waals surface area contributed by atoms with Crippen molar-refractivity contribution in [1.82, 2.24) is 0 Å². The molecule has 0 N–H and O–H groups in total. The Hall–Kier alpha value is -1.72. The Morgan fingerprint density at radius 3 is 1.70 bits per heavy atom. The first-order chi connectivity index (χ1) is 11.2. The quantitative estimate of drug-likeness (QED) is 0.483. The predicted octanol–water partition coefficient (Wildman–Crippen LogP) is 3.89. The van der Waals surface area contributed by atoms with E-state index in [0.717, 1.165) is 5.56 Å². The molecule has 3 aromatic rings. The summed E-state index contributed by atoms with van der Waals surface area (Å²) in [5.74, 6) is 0. The van der Waals surface area contributed by atoms with E-state index in [9.17, 15) is 4.79 Å². The predicted molar refractivity (Wildman–Crippen MR) is 100 cm³/mol. The number of carbonyl (C=O) groups is 1. The molecule has 0 fully saturated rings. The molecule has 3 heteroatoms. The van der Waals surface area contributed by atoms with Crippen LogP contribution in [0.25, 0.3) is 0 Å². The van der Waals surface area contributed by atoms with Gasteiger partial charge in [0.05, 0.1) is 0 Å². The molecular weight excluding hydrogens is 366 g/mol. The third-order valence-electron chi connectivity index (χ3n) is 3.44. The van der Waals surface area contributed by atoms with E-state index < -0.39 is 6.61 Å². The van der Waals surface area contributed by atoms with E-state index in [1.165, 1.54) is 16.2 Å². The molecule has 0 radical (unpaired) electrons. The topological polar surface area (TPSA) is 17.1 Å². The first kappa shape index (κ1) is 16.1. The molecule has 3 aromatic carbocycles. The van der Waals surface area contributed by atoms with Crippen LogP contribution in [0.1, 0.15) is 15.9 Å². The number of hydrogen-bond donors (Lipinski definition) is 0. The van der Waals surface area contributed by atoms with Gasteiger partial charge in [-0.05, 0) is 0 Å². The molecule has 0 spiro atoms. The second kappa shape index (κ2) is 7.70. The first-order valence-corrected chi connectivity index (χ1v) is 11.8. The average Bonchev–Trinajstić information content (AvgIpc) is 2.61. The van der Waals surface area contributed by atoms with Gasteiger partial charge in [0.15, 0.2) is 0 Å². The van der Waals surface area contributed by atoms with Crippen LogP contribution in [0.4, 0.5) is 0 Å². The molecule has 0 aliphatic carbocycles. The molecule has 23 heavy (non-hydrogen) atoms. The number of rotatable bonds is 5. The van der Waals surface area contributed by atoms with Gasteiger partial charge in [-0.2, -0.15) is 0 Å². The van der Waals surface area contributed by atoms with Gasteiger partial charge in [0.2, 0.25) is 0 Å². The van der Waals surface area contributed by atoms with Crippen molar-refractivity contribution in [2.45, 2.75) is 6.92 Å². The molecule has 1 nitrogen and oxygen atoms in total. The average molecular weight is 383 g/mol. The zero-order valence-electron chi connectivity index (χ0n) is 12.8. The van der Waals surface area contributed by atoms with Gasteiger partial charge in [0.25, 0.3) is 0 Å². The fourth-order valence-electron chi connectivity index (χ4n) is 2.21. The Kier molecular flexibility index (Phi) is 5.41. The van der Waals surface area contributed by atoms with E-state index in [2.05, 4.69) is 48.5 Å². The Balaban J connectivity index is 1.90. The summed E-state index contributed by atoms with van der Waals surface area (Å²) in [4.78, 5) is 12.8. The van der Waals surface area contributed by atoms with Gasteiger partial charge in [0.1, 0.15) is 0 Å². The summed E-state index contributed by atoms with van der Waals surface area (Å²) in [6.07, 6.45) is 0. The maximum atomic E-state index is 12.8. The van der Waals surface area contributed by atoms with Gasteiger partial charge < -0.3 is 0 Å². The summed E-state index contributed by atoms with van der Waals surface area (Å²) in [7, 11) is 0. The van der Waals surface area contributed by atoms with Gasteiger partial charge in [-0.15, -0.1) is 0 Å². The van der Waals surface area contributed by atoms with E-state index in [1.807, 2.05) is 43.3 Å². The van der Waals surface area contributed by atoms with Crippen LogP contribution in [0, 0.1) is 6.92 Å². The fraction of sp³-hybridized carbons (Fsp3) is 0.0500. The van der Waals surface area contributed by atoms with Crippen molar-refractivity contribution in [2.75, 3.05) is 0 Å².